The Morgan fingerprint density at radius 3 is 2.75 bits per heavy atom. The first-order valence-electron chi connectivity index (χ1n) is 10.4. The molecule has 1 heterocycles. The molecule has 2 aromatic carbocycles. The van der Waals surface area contributed by atoms with E-state index in [0.29, 0.717) is 55.6 Å². The van der Waals surface area contributed by atoms with Crippen LogP contribution in [0.1, 0.15) is 30.1 Å². The molecule has 0 bridgehead atoms. The highest BCUT2D eigenvalue weighted by molar-refractivity contribution is 7.80. The van der Waals surface area contributed by atoms with Crippen molar-refractivity contribution in [2.75, 3.05) is 43.1 Å². The third kappa shape index (κ3) is 6.38. The number of thiocarbonyl (C=S) groups is 1. The molecule has 0 aromatic heterocycles. The van der Waals surface area contributed by atoms with Crippen molar-refractivity contribution in [2.24, 2.45) is 0 Å². The van der Waals surface area contributed by atoms with E-state index in [-0.39, 0.29) is 10.8 Å². The Labute approximate surface area is 191 Å². The van der Waals surface area contributed by atoms with Gasteiger partial charge in [-0.25, -0.2) is 0 Å². The first-order chi connectivity index (χ1) is 15.5. The van der Waals surface area contributed by atoms with Gasteiger partial charge >= 0.3 is 0 Å². The Hall–Kier alpha value is -3.24. The fraction of sp³-hybridized carbons (Fsp3) is 0.364. The number of morpholine rings is 1. The van der Waals surface area contributed by atoms with E-state index in [1.54, 1.807) is 36.4 Å². The molecule has 10 heteroatoms. The van der Waals surface area contributed by atoms with Gasteiger partial charge in [-0.05, 0) is 49.0 Å². The Bertz CT molecular complexity index is 979. The van der Waals surface area contributed by atoms with Crippen LogP contribution in [0.4, 0.5) is 17.1 Å². The van der Waals surface area contributed by atoms with Crippen LogP contribution in [-0.4, -0.2) is 48.9 Å². The third-order valence-electron chi connectivity index (χ3n) is 4.87. The second-order valence-electron chi connectivity index (χ2n) is 7.20. The van der Waals surface area contributed by atoms with Gasteiger partial charge in [0.1, 0.15) is 11.4 Å². The number of nitro groups is 1. The molecule has 0 atom stereocenters. The van der Waals surface area contributed by atoms with Crippen LogP contribution in [0.15, 0.2) is 42.5 Å². The van der Waals surface area contributed by atoms with E-state index in [2.05, 4.69) is 17.6 Å². The van der Waals surface area contributed by atoms with Crippen LogP contribution >= 0.6 is 12.2 Å². The van der Waals surface area contributed by atoms with E-state index in [1.807, 2.05) is 4.90 Å². The maximum Gasteiger partial charge on any atom is 0.294 e. The smallest absolute Gasteiger partial charge is 0.294 e. The maximum absolute atomic E-state index is 12.5. The Morgan fingerprint density at radius 1 is 1.25 bits per heavy atom. The summed E-state index contributed by atoms with van der Waals surface area (Å²) in [4.78, 5) is 25.6. The summed E-state index contributed by atoms with van der Waals surface area (Å²) in [6.07, 6.45) is 1.95. The van der Waals surface area contributed by atoms with E-state index in [0.717, 1.165) is 12.8 Å². The van der Waals surface area contributed by atoms with Gasteiger partial charge in [-0.2, -0.15) is 0 Å². The number of anilines is 2. The van der Waals surface area contributed by atoms with Gasteiger partial charge in [0.15, 0.2) is 5.11 Å². The van der Waals surface area contributed by atoms with Gasteiger partial charge in [-0.15, -0.1) is 0 Å². The number of benzene rings is 2. The number of unbranched alkanes of at least 4 members (excludes halogenated alkanes) is 1. The van der Waals surface area contributed by atoms with E-state index in [1.165, 1.54) is 6.07 Å². The largest absolute Gasteiger partial charge is 0.494 e. The topological polar surface area (TPSA) is 106 Å². The van der Waals surface area contributed by atoms with Crippen molar-refractivity contribution in [1.29, 1.82) is 0 Å². The fourth-order valence-corrected chi connectivity index (χ4v) is 3.43. The molecule has 170 valence electrons. The summed E-state index contributed by atoms with van der Waals surface area (Å²) in [6.45, 7) is 4.88. The van der Waals surface area contributed by atoms with Crippen molar-refractivity contribution >= 4 is 40.3 Å². The summed E-state index contributed by atoms with van der Waals surface area (Å²) in [7, 11) is 0. The number of nitrogens with one attached hydrogen (secondary N) is 2. The Morgan fingerprint density at radius 2 is 2.03 bits per heavy atom. The maximum atomic E-state index is 12.5. The van der Waals surface area contributed by atoms with Gasteiger partial charge in [0.2, 0.25) is 0 Å². The summed E-state index contributed by atoms with van der Waals surface area (Å²) < 4.78 is 10.9. The monoisotopic (exact) mass is 458 g/mol. The highest BCUT2D eigenvalue weighted by atomic mass is 32.1. The quantitative estimate of drug-likeness (QED) is 0.267. The fourth-order valence-electron chi connectivity index (χ4n) is 3.22. The van der Waals surface area contributed by atoms with Crippen molar-refractivity contribution in [3.63, 3.8) is 0 Å². The normalized spacial score (nSPS) is 13.3. The summed E-state index contributed by atoms with van der Waals surface area (Å²) >= 11 is 5.23. The molecule has 1 aliphatic rings. The first-order valence-corrected chi connectivity index (χ1v) is 10.8. The van der Waals surface area contributed by atoms with Crippen molar-refractivity contribution in [1.82, 2.24) is 5.32 Å². The molecule has 3 rings (SSSR count). The molecule has 0 saturated carbocycles. The molecule has 0 unspecified atom stereocenters. The lowest BCUT2D eigenvalue weighted by Gasteiger charge is -2.28. The van der Waals surface area contributed by atoms with Crippen molar-refractivity contribution < 1.29 is 19.2 Å². The lowest BCUT2D eigenvalue weighted by molar-refractivity contribution is -0.384. The van der Waals surface area contributed by atoms with E-state index in [9.17, 15) is 14.9 Å². The van der Waals surface area contributed by atoms with Crippen molar-refractivity contribution in [3.8, 4) is 5.75 Å². The summed E-state index contributed by atoms with van der Waals surface area (Å²) in [5.74, 6) is 0.210. The molecular weight excluding hydrogens is 432 g/mol. The minimum Gasteiger partial charge on any atom is -0.494 e. The number of amides is 1. The SMILES string of the molecule is CCCCOc1cccc(C(=O)NC(=S)Nc2ccc(N3CCOCC3)c([N+](=O)[O-])c2)c1. The lowest BCUT2D eigenvalue weighted by atomic mass is 10.2. The second kappa shape index (κ2) is 11.4. The number of nitro benzene ring substituents is 1. The molecular formula is C22H26N4O5S. The zero-order valence-corrected chi connectivity index (χ0v) is 18.7. The molecule has 1 amide bonds. The third-order valence-corrected chi connectivity index (χ3v) is 5.08. The van der Waals surface area contributed by atoms with E-state index >= 15 is 0 Å². The predicted molar refractivity (Wildman–Crippen MR) is 127 cm³/mol. The molecule has 0 spiro atoms. The minimum absolute atomic E-state index is 0.0389. The Balaban J connectivity index is 1.64. The second-order valence-corrected chi connectivity index (χ2v) is 7.61. The minimum atomic E-state index is -0.429. The van der Waals surface area contributed by atoms with Gasteiger partial charge in [-0.3, -0.25) is 20.2 Å². The standard InChI is InChI=1S/C22H26N4O5S/c1-2-3-11-31-18-6-4-5-16(14-18)21(27)24-22(32)23-17-7-8-19(20(15-17)26(28)29)25-9-12-30-13-10-25/h4-8,14-15H,2-3,9-13H2,1H3,(H2,23,24,27,32). The Kier molecular flexibility index (Phi) is 8.34. The molecule has 2 aromatic rings. The number of hydrogen-bond acceptors (Lipinski definition) is 7. The highest BCUT2D eigenvalue weighted by Crippen LogP contribution is 2.31. The number of rotatable bonds is 8. The highest BCUT2D eigenvalue weighted by Gasteiger charge is 2.22. The van der Waals surface area contributed by atoms with Crippen molar-refractivity contribution in [2.45, 2.75) is 19.8 Å². The van der Waals surface area contributed by atoms with Gasteiger partial charge < -0.3 is 19.7 Å². The number of ether oxygens (including phenoxy) is 2. The average Bonchev–Trinajstić information content (AvgIpc) is 2.80. The molecule has 0 aliphatic carbocycles. The van der Waals surface area contributed by atoms with Gasteiger partial charge in [0.25, 0.3) is 11.6 Å². The van der Waals surface area contributed by atoms with Crippen LogP contribution in [0.25, 0.3) is 0 Å². The van der Waals surface area contributed by atoms with Crippen molar-refractivity contribution in [3.05, 3.63) is 58.1 Å². The van der Waals surface area contributed by atoms with Gasteiger partial charge in [-0.1, -0.05) is 19.4 Å². The molecule has 2 N–H and O–H groups in total. The van der Waals surface area contributed by atoms with Gasteiger partial charge in [0, 0.05) is 30.4 Å². The van der Waals surface area contributed by atoms with E-state index in [4.69, 9.17) is 21.7 Å². The number of hydrogen-bond donors (Lipinski definition) is 2. The molecule has 32 heavy (non-hydrogen) atoms. The van der Waals surface area contributed by atoms with Gasteiger partial charge in [0.05, 0.1) is 24.7 Å². The van der Waals surface area contributed by atoms with Crippen LogP contribution in [0.3, 0.4) is 0 Å². The average molecular weight is 459 g/mol. The van der Waals surface area contributed by atoms with E-state index < -0.39 is 10.8 Å². The number of carbonyl (C=O) groups is 1. The lowest BCUT2D eigenvalue weighted by Crippen LogP contribution is -2.36. The zero-order chi connectivity index (χ0) is 22.9. The summed E-state index contributed by atoms with van der Waals surface area (Å²) in [5.41, 5.74) is 1.30. The van der Waals surface area contributed by atoms with Crippen LogP contribution in [0.2, 0.25) is 0 Å². The molecule has 1 saturated heterocycles. The summed E-state index contributed by atoms with van der Waals surface area (Å²) in [5, 5.41) is 17.1. The van der Waals surface area contributed by atoms with Crippen LogP contribution in [0.5, 0.6) is 5.75 Å². The summed E-state index contributed by atoms with van der Waals surface area (Å²) in [6, 6.07) is 11.6. The number of nitrogens with zero attached hydrogens (tertiary/aromatic N) is 2. The zero-order valence-electron chi connectivity index (χ0n) is 17.8. The van der Waals surface area contributed by atoms with Crippen LogP contribution in [0, 0.1) is 10.1 Å². The molecule has 1 aliphatic heterocycles. The number of carbonyl (C=O) groups excluding carboxylic acids is 1. The molecule has 1 fully saturated rings. The predicted octanol–water partition coefficient (Wildman–Crippen LogP) is 3.74. The molecule has 9 nitrogen and oxygen atoms in total. The molecule has 0 radical (unpaired) electrons. The first kappa shape index (κ1) is 23.4. The van der Waals surface area contributed by atoms with Crippen LogP contribution in [-0.2, 0) is 4.74 Å². The van der Waals surface area contributed by atoms with Crippen LogP contribution < -0.4 is 20.3 Å².